The SMILES string of the molecule is CCCCOC1CC(NC(=NC)NCC2(N3CCCC3)CCOCC2)C1(C)C. The van der Waals surface area contributed by atoms with Gasteiger partial charge in [-0.2, -0.15) is 0 Å². The molecule has 3 fully saturated rings. The van der Waals surface area contributed by atoms with Crippen molar-refractivity contribution in [2.75, 3.05) is 46.5 Å². The number of unbranched alkanes of at least 4 members (excludes halogenated alkanes) is 1. The molecule has 162 valence electrons. The molecule has 2 unspecified atom stereocenters. The molecule has 3 rings (SSSR count). The van der Waals surface area contributed by atoms with E-state index in [9.17, 15) is 0 Å². The Labute approximate surface area is 171 Å². The average molecular weight is 395 g/mol. The van der Waals surface area contributed by atoms with Crippen LogP contribution >= 0.6 is 0 Å². The lowest BCUT2D eigenvalue weighted by molar-refractivity contribution is -0.113. The molecule has 0 amide bonds. The second-order valence-corrected chi connectivity index (χ2v) is 9.42. The Morgan fingerprint density at radius 2 is 1.93 bits per heavy atom. The Morgan fingerprint density at radius 1 is 1.21 bits per heavy atom. The lowest BCUT2D eigenvalue weighted by Gasteiger charge is -2.52. The minimum Gasteiger partial charge on any atom is -0.381 e. The molecule has 0 spiro atoms. The zero-order chi connectivity index (χ0) is 20.0. The van der Waals surface area contributed by atoms with Gasteiger partial charge < -0.3 is 20.1 Å². The highest BCUT2D eigenvalue weighted by Gasteiger charge is 2.49. The molecule has 0 bridgehead atoms. The summed E-state index contributed by atoms with van der Waals surface area (Å²) < 4.78 is 11.8. The van der Waals surface area contributed by atoms with Crippen LogP contribution in [-0.2, 0) is 9.47 Å². The number of rotatable bonds is 8. The van der Waals surface area contributed by atoms with Crippen LogP contribution in [0, 0.1) is 5.41 Å². The third-order valence-corrected chi connectivity index (χ3v) is 7.31. The van der Waals surface area contributed by atoms with Crippen LogP contribution in [0.4, 0.5) is 0 Å². The van der Waals surface area contributed by atoms with E-state index in [1.54, 1.807) is 0 Å². The van der Waals surface area contributed by atoms with E-state index < -0.39 is 0 Å². The minimum absolute atomic E-state index is 0.136. The predicted octanol–water partition coefficient (Wildman–Crippen LogP) is 2.78. The molecular formula is C22H42N4O2. The molecule has 1 aliphatic carbocycles. The lowest BCUT2D eigenvalue weighted by atomic mass is 9.64. The van der Waals surface area contributed by atoms with Gasteiger partial charge >= 0.3 is 0 Å². The van der Waals surface area contributed by atoms with Crippen LogP contribution in [-0.4, -0.2) is 75.0 Å². The summed E-state index contributed by atoms with van der Waals surface area (Å²) in [6.45, 7) is 12.8. The fourth-order valence-electron chi connectivity index (χ4n) is 4.94. The van der Waals surface area contributed by atoms with Crippen molar-refractivity contribution in [3.05, 3.63) is 0 Å². The van der Waals surface area contributed by atoms with E-state index in [2.05, 4.69) is 41.3 Å². The molecule has 0 aromatic heterocycles. The molecule has 0 aromatic carbocycles. The van der Waals surface area contributed by atoms with Crippen LogP contribution in [0.1, 0.15) is 65.7 Å². The van der Waals surface area contributed by atoms with Crippen molar-refractivity contribution in [1.82, 2.24) is 15.5 Å². The van der Waals surface area contributed by atoms with E-state index in [4.69, 9.17) is 9.47 Å². The fourth-order valence-corrected chi connectivity index (χ4v) is 4.94. The fraction of sp³-hybridized carbons (Fsp3) is 0.955. The van der Waals surface area contributed by atoms with Crippen molar-refractivity contribution in [1.29, 1.82) is 0 Å². The summed E-state index contributed by atoms with van der Waals surface area (Å²) in [4.78, 5) is 7.22. The quantitative estimate of drug-likeness (QED) is 0.377. The van der Waals surface area contributed by atoms with Crippen molar-refractivity contribution in [3.63, 3.8) is 0 Å². The Bertz CT molecular complexity index is 511. The molecule has 2 aliphatic heterocycles. The lowest BCUT2D eigenvalue weighted by Crippen LogP contribution is -2.65. The van der Waals surface area contributed by atoms with Gasteiger partial charge in [0.15, 0.2) is 5.96 Å². The van der Waals surface area contributed by atoms with Gasteiger partial charge in [-0.1, -0.05) is 27.2 Å². The van der Waals surface area contributed by atoms with E-state index in [1.807, 2.05) is 7.05 Å². The zero-order valence-electron chi connectivity index (χ0n) is 18.6. The van der Waals surface area contributed by atoms with Crippen molar-refractivity contribution >= 4 is 5.96 Å². The Morgan fingerprint density at radius 3 is 2.54 bits per heavy atom. The second kappa shape index (κ2) is 9.77. The molecule has 6 nitrogen and oxygen atoms in total. The largest absolute Gasteiger partial charge is 0.381 e. The zero-order valence-corrected chi connectivity index (χ0v) is 18.6. The normalized spacial score (nSPS) is 30.1. The first-order valence-corrected chi connectivity index (χ1v) is 11.4. The molecule has 1 saturated carbocycles. The van der Waals surface area contributed by atoms with E-state index in [-0.39, 0.29) is 11.0 Å². The monoisotopic (exact) mass is 394 g/mol. The molecule has 2 atom stereocenters. The van der Waals surface area contributed by atoms with Crippen molar-refractivity contribution in [2.24, 2.45) is 10.4 Å². The highest BCUT2D eigenvalue weighted by molar-refractivity contribution is 5.80. The van der Waals surface area contributed by atoms with Gasteiger partial charge in [0.25, 0.3) is 0 Å². The van der Waals surface area contributed by atoms with Crippen LogP contribution in [0.3, 0.4) is 0 Å². The van der Waals surface area contributed by atoms with Gasteiger partial charge in [-0.25, -0.2) is 0 Å². The van der Waals surface area contributed by atoms with E-state index >= 15 is 0 Å². The highest BCUT2D eigenvalue weighted by Crippen LogP contribution is 2.42. The average Bonchev–Trinajstić information content (AvgIpc) is 3.25. The number of nitrogens with one attached hydrogen (secondary N) is 2. The number of likely N-dealkylation sites (tertiary alicyclic amines) is 1. The third kappa shape index (κ3) is 4.82. The third-order valence-electron chi connectivity index (χ3n) is 7.31. The summed E-state index contributed by atoms with van der Waals surface area (Å²) in [6.07, 6.45) is 8.62. The van der Waals surface area contributed by atoms with Gasteiger partial charge in [-0.15, -0.1) is 0 Å². The van der Waals surface area contributed by atoms with Crippen molar-refractivity contribution in [3.8, 4) is 0 Å². The number of guanidine groups is 1. The highest BCUT2D eigenvalue weighted by atomic mass is 16.5. The van der Waals surface area contributed by atoms with E-state index in [0.29, 0.717) is 12.1 Å². The Balaban J connectivity index is 1.51. The van der Waals surface area contributed by atoms with E-state index in [0.717, 1.165) is 58.0 Å². The number of hydrogen-bond acceptors (Lipinski definition) is 4. The number of nitrogens with zero attached hydrogens (tertiary/aromatic N) is 2. The summed E-state index contributed by atoms with van der Waals surface area (Å²) in [5.74, 6) is 0.926. The summed E-state index contributed by atoms with van der Waals surface area (Å²) >= 11 is 0. The van der Waals surface area contributed by atoms with Gasteiger partial charge in [-0.05, 0) is 51.6 Å². The standard InChI is InChI=1S/C22H42N4O2/c1-5-6-13-28-19-16-18(21(19,2)3)25-20(23-4)24-17-22(9-14-27-15-10-22)26-11-7-8-12-26/h18-19H,5-17H2,1-4H3,(H2,23,24,25). The maximum Gasteiger partial charge on any atom is 0.191 e. The maximum absolute atomic E-state index is 6.10. The molecule has 2 heterocycles. The van der Waals surface area contributed by atoms with Gasteiger partial charge in [0.2, 0.25) is 0 Å². The minimum atomic E-state index is 0.136. The number of aliphatic imine (C=N–C) groups is 1. The number of hydrogen-bond donors (Lipinski definition) is 2. The molecule has 6 heteroatoms. The summed E-state index contributed by atoms with van der Waals surface area (Å²) in [7, 11) is 1.88. The predicted molar refractivity (Wildman–Crippen MR) is 115 cm³/mol. The molecular weight excluding hydrogens is 352 g/mol. The first-order chi connectivity index (χ1) is 13.5. The molecule has 0 aromatic rings. The molecule has 28 heavy (non-hydrogen) atoms. The Hall–Kier alpha value is -0.850. The van der Waals surface area contributed by atoms with Crippen LogP contribution in [0.15, 0.2) is 4.99 Å². The molecule has 2 saturated heterocycles. The van der Waals surface area contributed by atoms with Crippen molar-refractivity contribution in [2.45, 2.75) is 83.4 Å². The number of ether oxygens (including phenoxy) is 2. The first kappa shape index (κ1) is 21.8. The molecule has 3 aliphatic rings. The summed E-state index contributed by atoms with van der Waals surface area (Å²) in [6, 6.07) is 0.405. The van der Waals surface area contributed by atoms with Crippen LogP contribution in [0.2, 0.25) is 0 Å². The van der Waals surface area contributed by atoms with Gasteiger partial charge in [-0.3, -0.25) is 9.89 Å². The second-order valence-electron chi connectivity index (χ2n) is 9.42. The van der Waals surface area contributed by atoms with Crippen LogP contribution < -0.4 is 10.6 Å². The van der Waals surface area contributed by atoms with E-state index in [1.165, 1.54) is 32.4 Å². The smallest absolute Gasteiger partial charge is 0.191 e. The molecule has 0 radical (unpaired) electrons. The maximum atomic E-state index is 6.10. The van der Waals surface area contributed by atoms with Crippen LogP contribution in [0.25, 0.3) is 0 Å². The van der Waals surface area contributed by atoms with Gasteiger partial charge in [0.1, 0.15) is 0 Å². The topological polar surface area (TPSA) is 58.1 Å². The molecule has 2 N–H and O–H groups in total. The summed E-state index contributed by atoms with van der Waals surface area (Å²) in [5, 5.41) is 7.33. The van der Waals surface area contributed by atoms with Crippen molar-refractivity contribution < 1.29 is 9.47 Å². The first-order valence-electron chi connectivity index (χ1n) is 11.4. The Kier molecular flexibility index (Phi) is 7.62. The summed E-state index contributed by atoms with van der Waals surface area (Å²) in [5.41, 5.74) is 0.351. The van der Waals surface area contributed by atoms with Gasteiger partial charge in [0, 0.05) is 50.4 Å². The van der Waals surface area contributed by atoms with Crippen LogP contribution in [0.5, 0.6) is 0 Å². The van der Waals surface area contributed by atoms with Gasteiger partial charge in [0.05, 0.1) is 6.10 Å².